The van der Waals surface area contributed by atoms with Crippen molar-refractivity contribution in [1.29, 1.82) is 0 Å². The van der Waals surface area contributed by atoms with Crippen LogP contribution in [0.5, 0.6) is 0 Å². The molecule has 2 aromatic carbocycles. The molecule has 1 fully saturated rings. The Kier molecular flexibility index (Phi) is 4.40. The van der Waals surface area contributed by atoms with Crippen LogP contribution < -0.4 is 0 Å². The van der Waals surface area contributed by atoms with Crippen LogP contribution in [0.15, 0.2) is 71.5 Å². The third kappa shape index (κ3) is 3.66. The summed E-state index contributed by atoms with van der Waals surface area (Å²) in [5.41, 5.74) is 2.82. The van der Waals surface area contributed by atoms with Crippen molar-refractivity contribution in [3.63, 3.8) is 0 Å². The van der Waals surface area contributed by atoms with Crippen molar-refractivity contribution < 1.29 is 4.79 Å². The Morgan fingerprint density at radius 1 is 1.12 bits per heavy atom. The van der Waals surface area contributed by atoms with E-state index in [1.165, 1.54) is 5.56 Å². The van der Waals surface area contributed by atoms with E-state index < -0.39 is 0 Å². The van der Waals surface area contributed by atoms with Gasteiger partial charge in [0.2, 0.25) is 0 Å². The maximum absolute atomic E-state index is 13.0. The summed E-state index contributed by atoms with van der Waals surface area (Å²) in [5, 5.41) is 4.26. The molecule has 1 heterocycles. The van der Waals surface area contributed by atoms with E-state index in [0.29, 0.717) is 12.6 Å². The SMILES string of the molecule is O=C(c1ccc(-n2cc(Br)cn2)cc1)N(Cc1ccccc1)C1CC1. The zero-order valence-corrected chi connectivity index (χ0v) is 15.3. The lowest BCUT2D eigenvalue weighted by Gasteiger charge is -2.23. The summed E-state index contributed by atoms with van der Waals surface area (Å²) in [5.74, 6) is 0.0968. The topological polar surface area (TPSA) is 38.1 Å². The molecule has 1 amide bonds. The second-order valence-corrected chi connectivity index (χ2v) is 7.22. The predicted octanol–water partition coefficient (Wildman–Crippen LogP) is 4.44. The number of rotatable bonds is 5. The van der Waals surface area contributed by atoms with Crippen LogP contribution in [-0.2, 0) is 6.54 Å². The molecule has 5 heteroatoms. The summed E-state index contributed by atoms with van der Waals surface area (Å²) in [4.78, 5) is 15.0. The molecule has 0 unspecified atom stereocenters. The molecule has 1 saturated carbocycles. The standard InChI is InChI=1S/C20H18BrN3O/c21-17-12-22-24(14-17)19-8-6-16(7-9-19)20(25)23(18-10-11-18)13-15-4-2-1-3-5-15/h1-9,12,14,18H,10-11,13H2. The van der Waals surface area contributed by atoms with E-state index >= 15 is 0 Å². The number of hydrogen-bond acceptors (Lipinski definition) is 2. The number of aromatic nitrogens is 2. The number of carbonyl (C=O) groups excluding carboxylic acids is 1. The Bertz CT molecular complexity index is 869. The summed E-state index contributed by atoms with van der Waals surface area (Å²) < 4.78 is 2.71. The van der Waals surface area contributed by atoms with Crippen molar-refractivity contribution in [2.75, 3.05) is 0 Å². The maximum atomic E-state index is 13.0. The molecule has 3 aromatic rings. The van der Waals surface area contributed by atoms with Gasteiger partial charge in [-0.2, -0.15) is 5.10 Å². The predicted molar refractivity (Wildman–Crippen MR) is 101 cm³/mol. The molecule has 1 aliphatic rings. The number of halogens is 1. The highest BCUT2D eigenvalue weighted by Gasteiger charge is 2.33. The largest absolute Gasteiger partial charge is 0.331 e. The lowest BCUT2D eigenvalue weighted by atomic mass is 10.1. The van der Waals surface area contributed by atoms with Crippen molar-refractivity contribution in [3.8, 4) is 5.69 Å². The van der Waals surface area contributed by atoms with Crippen LogP contribution in [0.4, 0.5) is 0 Å². The van der Waals surface area contributed by atoms with Gasteiger partial charge in [0.25, 0.3) is 5.91 Å². The number of benzene rings is 2. The minimum atomic E-state index is 0.0968. The van der Waals surface area contributed by atoms with Crippen LogP contribution in [0.3, 0.4) is 0 Å². The maximum Gasteiger partial charge on any atom is 0.254 e. The normalized spacial score (nSPS) is 13.6. The van der Waals surface area contributed by atoms with Gasteiger partial charge in [0.1, 0.15) is 0 Å². The van der Waals surface area contributed by atoms with Gasteiger partial charge in [-0.15, -0.1) is 0 Å². The summed E-state index contributed by atoms with van der Waals surface area (Å²) in [6.45, 7) is 0.665. The Labute approximate surface area is 155 Å². The van der Waals surface area contributed by atoms with Crippen LogP contribution >= 0.6 is 15.9 Å². The zero-order chi connectivity index (χ0) is 17.2. The Hall–Kier alpha value is -2.40. The third-order valence-corrected chi connectivity index (χ3v) is 4.78. The number of carbonyl (C=O) groups is 1. The van der Waals surface area contributed by atoms with E-state index in [1.54, 1.807) is 10.9 Å². The Morgan fingerprint density at radius 2 is 1.84 bits per heavy atom. The lowest BCUT2D eigenvalue weighted by molar-refractivity contribution is 0.0730. The lowest BCUT2D eigenvalue weighted by Crippen LogP contribution is -2.32. The van der Waals surface area contributed by atoms with Gasteiger partial charge in [-0.05, 0) is 58.6 Å². The number of hydrogen-bond donors (Lipinski definition) is 0. The molecule has 126 valence electrons. The van der Waals surface area contributed by atoms with Gasteiger partial charge in [-0.25, -0.2) is 4.68 Å². The van der Waals surface area contributed by atoms with Gasteiger partial charge in [-0.1, -0.05) is 30.3 Å². The number of amides is 1. The van der Waals surface area contributed by atoms with E-state index in [-0.39, 0.29) is 5.91 Å². The second-order valence-electron chi connectivity index (χ2n) is 6.30. The highest BCUT2D eigenvalue weighted by atomic mass is 79.9. The van der Waals surface area contributed by atoms with E-state index in [1.807, 2.05) is 53.6 Å². The molecule has 0 spiro atoms. The van der Waals surface area contributed by atoms with Crippen molar-refractivity contribution in [1.82, 2.24) is 14.7 Å². The smallest absolute Gasteiger partial charge is 0.254 e. The first-order valence-electron chi connectivity index (χ1n) is 8.36. The first-order valence-corrected chi connectivity index (χ1v) is 9.15. The fraction of sp³-hybridized carbons (Fsp3) is 0.200. The molecule has 0 bridgehead atoms. The average Bonchev–Trinajstić information content (AvgIpc) is 3.40. The molecule has 4 rings (SSSR count). The quantitative estimate of drug-likeness (QED) is 0.640. The molecule has 0 radical (unpaired) electrons. The molecule has 1 aliphatic carbocycles. The third-order valence-electron chi connectivity index (χ3n) is 4.37. The molecule has 25 heavy (non-hydrogen) atoms. The Balaban J connectivity index is 1.54. The molecule has 0 saturated heterocycles. The highest BCUT2D eigenvalue weighted by molar-refractivity contribution is 9.10. The fourth-order valence-electron chi connectivity index (χ4n) is 2.90. The van der Waals surface area contributed by atoms with Gasteiger partial charge < -0.3 is 4.90 Å². The molecule has 0 N–H and O–H groups in total. The molecular formula is C20H18BrN3O. The summed E-state index contributed by atoms with van der Waals surface area (Å²) in [6, 6.07) is 18.2. The van der Waals surface area contributed by atoms with Crippen molar-refractivity contribution >= 4 is 21.8 Å². The molecule has 0 aliphatic heterocycles. The van der Waals surface area contributed by atoms with Gasteiger partial charge >= 0.3 is 0 Å². The van der Waals surface area contributed by atoms with Crippen LogP contribution in [0.1, 0.15) is 28.8 Å². The minimum Gasteiger partial charge on any atom is -0.331 e. The van der Waals surface area contributed by atoms with Crippen molar-refractivity contribution in [2.24, 2.45) is 0 Å². The molecule has 0 atom stereocenters. The fourth-order valence-corrected chi connectivity index (χ4v) is 3.18. The van der Waals surface area contributed by atoms with Crippen LogP contribution in [0, 0.1) is 0 Å². The monoisotopic (exact) mass is 395 g/mol. The first kappa shape index (κ1) is 16.1. The Morgan fingerprint density at radius 3 is 2.44 bits per heavy atom. The van der Waals surface area contributed by atoms with Crippen molar-refractivity contribution in [3.05, 3.63) is 82.6 Å². The van der Waals surface area contributed by atoms with Crippen molar-refractivity contribution in [2.45, 2.75) is 25.4 Å². The highest BCUT2D eigenvalue weighted by Crippen LogP contribution is 2.30. The van der Waals surface area contributed by atoms with Gasteiger partial charge in [0, 0.05) is 24.3 Å². The zero-order valence-electron chi connectivity index (χ0n) is 13.7. The van der Waals surface area contributed by atoms with Gasteiger partial charge in [0.05, 0.1) is 16.4 Å². The number of nitrogens with zero attached hydrogens (tertiary/aromatic N) is 3. The van der Waals surface area contributed by atoms with Crippen LogP contribution in [-0.4, -0.2) is 26.6 Å². The average molecular weight is 396 g/mol. The minimum absolute atomic E-state index is 0.0968. The second kappa shape index (κ2) is 6.84. The molecule has 4 nitrogen and oxygen atoms in total. The summed E-state index contributed by atoms with van der Waals surface area (Å²) in [6.07, 6.45) is 5.83. The first-order chi connectivity index (χ1) is 12.2. The molecular weight excluding hydrogens is 378 g/mol. The van der Waals surface area contributed by atoms with E-state index in [2.05, 4.69) is 33.2 Å². The summed E-state index contributed by atoms with van der Waals surface area (Å²) >= 11 is 3.40. The van der Waals surface area contributed by atoms with Crippen LogP contribution in [0.2, 0.25) is 0 Å². The van der Waals surface area contributed by atoms with Crippen LogP contribution in [0.25, 0.3) is 5.69 Å². The van der Waals surface area contributed by atoms with Gasteiger partial charge in [0.15, 0.2) is 0 Å². The molecule has 1 aromatic heterocycles. The van der Waals surface area contributed by atoms with E-state index in [4.69, 9.17) is 0 Å². The van der Waals surface area contributed by atoms with E-state index in [9.17, 15) is 4.79 Å². The van der Waals surface area contributed by atoms with E-state index in [0.717, 1.165) is 28.6 Å². The van der Waals surface area contributed by atoms with Gasteiger partial charge in [-0.3, -0.25) is 4.79 Å². The summed E-state index contributed by atoms with van der Waals surface area (Å²) in [7, 11) is 0.